The zero-order valence-electron chi connectivity index (χ0n) is 12.9. The smallest absolute Gasteiger partial charge is 0.122 e. The van der Waals surface area contributed by atoms with Crippen molar-refractivity contribution in [3.8, 4) is 5.75 Å². The summed E-state index contributed by atoms with van der Waals surface area (Å²) in [5, 5.41) is 13.1. The Hall–Kier alpha value is -1.06. The second kappa shape index (κ2) is 6.59. The standard InChI is InChI=1S/C17H27NO2/c1-4-13(2)15-7-5-6-8-16(15)20-12-17(3,11-19)18-14-9-10-14/h5-8,13-14,18-19H,4,9-12H2,1-3H3. The molecule has 20 heavy (non-hydrogen) atoms. The third-order valence-corrected chi connectivity index (χ3v) is 4.09. The maximum Gasteiger partial charge on any atom is 0.122 e. The molecule has 1 saturated carbocycles. The Morgan fingerprint density at radius 1 is 1.40 bits per heavy atom. The fourth-order valence-electron chi connectivity index (χ4n) is 2.33. The number of rotatable bonds is 8. The Kier molecular flexibility index (Phi) is 5.06. The molecule has 1 aliphatic carbocycles. The Labute approximate surface area is 122 Å². The lowest BCUT2D eigenvalue weighted by molar-refractivity contribution is 0.113. The van der Waals surface area contributed by atoms with Gasteiger partial charge in [-0.1, -0.05) is 32.0 Å². The van der Waals surface area contributed by atoms with Crippen molar-refractivity contribution in [1.82, 2.24) is 5.32 Å². The summed E-state index contributed by atoms with van der Waals surface area (Å²) in [5.74, 6) is 1.43. The van der Waals surface area contributed by atoms with Crippen molar-refractivity contribution in [3.05, 3.63) is 29.8 Å². The van der Waals surface area contributed by atoms with Crippen LogP contribution in [0.1, 0.15) is 51.5 Å². The summed E-state index contributed by atoms with van der Waals surface area (Å²) in [7, 11) is 0. The first-order chi connectivity index (χ1) is 9.58. The Bertz CT molecular complexity index is 431. The van der Waals surface area contributed by atoms with E-state index in [1.165, 1.54) is 18.4 Å². The molecule has 0 saturated heterocycles. The highest BCUT2D eigenvalue weighted by atomic mass is 16.5. The van der Waals surface area contributed by atoms with Crippen LogP contribution in [0.4, 0.5) is 0 Å². The zero-order valence-corrected chi connectivity index (χ0v) is 12.9. The predicted molar refractivity (Wildman–Crippen MR) is 82.3 cm³/mol. The lowest BCUT2D eigenvalue weighted by atomic mass is 9.97. The van der Waals surface area contributed by atoms with Gasteiger partial charge in [-0.2, -0.15) is 0 Å². The van der Waals surface area contributed by atoms with Gasteiger partial charge in [-0.3, -0.25) is 0 Å². The molecule has 2 N–H and O–H groups in total. The zero-order chi connectivity index (χ0) is 14.6. The highest BCUT2D eigenvalue weighted by molar-refractivity contribution is 5.36. The van der Waals surface area contributed by atoms with Crippen LogP contribution in [0.5, 0.6) is 5.75 Å². The summed E-state index contributed by atoms with van der Waals surface area (Å²) in [6, 6.07) is 8.78. The van der Waals surface area contributed by atoms with Crippen LogP contribution in [-0.4, -0.2) is 29.9 Å². The summed E-state index contributed by atoms with van der Waals surface area (Å²) < 4.78 is 6.02. The van der Waals surface area contributed by atoms with E-state index in [0.717, 1.165) is 12.2 Å². The minimum atomic E-state index is -0.357. The fourth-order valence-corrected chi connectivity index (χ4v) is 2.33. The Morgan fingerprint density at radius 2 is 2.10 bits per heavy atom. The molecule has 0 aliphatic heterocycles. The van der Waals surface area contributed by atoms with Crippen molar-refractivity contribution in [2.75, 3.05) is 13.2 Å². The van der Waals surface area contributed by atoms with Crippen LogP contribution >= 0.6 is 0 Å². The Balaban J connectivity index is 2.01. The average Bonchev–Trinajstić information content (AvgIpc) is 3.28. The monoisotopic (exact) mass is 277 g/mol. The lowest BCUT2D eigenvalue weighted by Gasteiger charge is -2.29. The van der Waals surface area contributed by atoms with Gasteiger partial charge in [-0.25, -0.2) is 0 Å². The maximum absolute atomic E-state index is 9.62. The second-order valence-corrected chi connectivity index (χ2v) is 6.27. The number of hydrogen-bond acceptors (Lipinski definition) is 3. The summed E-state index contributed by atoms with van der Waals surface area (Å²) in [6.07, 6.45) is 3.51. The Morgan fingerprint density at radius 3 is 2.70 bits per heavy atom. The maximum atomic E-state index is 9.62. The fraction of sp³-hybridized carbons (Fsp3) is 0.647. The molecule has 2 unspecified atom stereocenters. The molecule has 1 aromatic rings. The van der Waals surface area contributed by atoms with E-state index >= 15 is 0 Å². The summed E-state index contributed by atoms with van der Waals surface area (Å²) in [5.41, 5.74) is 0.894. The highest BCUT2D eigenvalue weighted by Crippen LogP contribution is 2.29. The largest absolute Gasteiger partial charge is 0.491 e. The van der Waals surface area contributed by atoms with Crippen LogP contribution in [0.25, 0.3) is 0 Å². The van der Waals surface area contributed by atoms with E-state index in [-0.39, 0.29) is 12.1 Å². The van der Waals surface area contributed by atoms with Crippen LogP contribution in [0.3, 0.4) is 0 Å². The minimum Gasteiger partial charge on any atom is -0.491 e. The number of aliphatic hydroxyl groups excluding tert-OH is 1. The van der Waals surface area contributed by atoms with Crippen molar-refractivity contribution >= 4 is 0 Å². The normalized spacial score (nSPS) is 19.4. The molecular formula is C17H27NO2. The molecule has 1 aromatic carbocycles. The van der Waals surface area contributed by atoms with Gasteiger partial charge in [0.2, 0.25) is 0 Å². The molecule has 112 valence electrons. The molecule has 2 atom stereocenters. The van der Waals surface area contributed by atoms with Crippen molar-refractivity contribution in [2.24, 2.45) is 0 Å². The topological polar surface area (TPSA) is 41.5 Å². The van der Waals surface area contributed by atoms with Crippen molar-refractivity contribution in [3.63, 3.8) is 0 Å². The molecule has 0 bridgehead atoms. The average molecular weight is 277 g/mol. The molecule has 1 aliphatic rings. The SMILES string of the molecule is CCC(C)c1ccccc1OCC(C)(CO)NC1CC1. The van der Waals surface area contributed by atoms with Gasteiger partial charge >= 0.3 is 0 Å². The molecule has 0 heterocycles. The van der Waals surface area contributed by atoms with Crippen molar-refractivity contribution in [2.45, 2.75) is 57.5 Å². The van der Waals surface area contributed by atoms with E-state index in [9.17, 15) is 5.11 Å². The van der Waals surface area contributed by atoms with E-state index in [0.29, 0.717) is 18.6 Å². The van der Waals surface area contributed by atoms with Crippen LogP contribution in [0, 0.1) is 0 Å². The van der Waals surface area contributed by atoms with Gasteiger partial charge in [-0.05, 0) is 43.7 Å². The van der Waals surface area contributed by atoms with Crippen LogP contribution < -0.4 is 10.1 Å². The number of benzene rings is 1. The molecule has 0 radical (unpaired) electrons. The molecular weight excluding hydrogens is 250 g/mol. The number of ether oxygens (including phenoxy) is 1. The summed E-state index contributed by atoms with van der Waals surface area (Å²) >= 11 is 0. The number of hydrogen-bond donors (Lipinski definition) is 2. The van der Waals surface area contributed by atoms with Gasteiger partial charge in [0.05, 0.1) is 12.1 Å². The van der Waals surface area contributed by atoms with E-state index in [1.54, 1.807) is 0 Å². The van der Waals surface area contributed by atoms with E-state index in [2.05, 4.69) is 31.3 Å². The quantitative estimate of drug-likeness (QED) is 0.767. The molecule has 3 heteroatoms. The first-order valence-corrected chi connectivity index (χ1v) is 7.68. The number of para-hydroxylation sites is 1. The van der Waals surface area contributed by atoms with Crippen LogP contribution in [0.2, 0.25) is 0 Å². The van der Waals surface area contributed by atoms with Gasteiger partial charge in [-0.15, -0.1) is 0 Å². The summed E-state index contributed by atoms with van der Waals surface area (Å²) in [4.78, 5) is 0. The highest BCUT2D eigenvalue weighted by Gasteiger charge is 2.32. The first kappa shape index (κ1) is 15.3. The van der Waals surface area contributed by atoms with Gasteiger partial charge in [0.25, 0.3) is 0 Å². The lowest BCUT2D eigenvalue weighted by Crippen LogP contribution is -2.51. The third kappa shape index (κ3) is 3.97. The van der Waals surface area contributed by atoms with Crippen LogP contribution in [0.15, 0.2) is 24.3 Å². The number of aliphatic hydroxyl groups is 1. The molecule has 0 spiro atoms. The van der Waals surface area contributed by atoms with E-state index in [1.807, 2.05) is 19.1 Å². The van der Waals surface area contributed by atoms with Gasteiger partial charge in [0, 0.05) is 6.04 Å². The molecule has 0 amide bonds. The van der Waals surface area contributed by atoms with E-state index < -0.39 is 0 Å². The van der Waals surface area contributed by atoms with Gasteiger partial charge in [0.15, 0.2) is 0 Å². The first-order valence-electron chi connectivity index (χ1n) is 7.68. The second-order valence-electron chi connectivity index (χ2n) is 6.27. The molecule has 0 aromatic heterocycles. The van der Waals surface area contributed by atoms with E-state index in [4.69, 9.17) is 4.74 Å². The number of nitrogens with one attached hydrogen (secondary N) is 1. The van der Waals surface area contributed by atoms with Crippen molar-refractivity contribution in [1.29, 1.82) is 0 Å². The van der Waals surface area contributed by atoms with Gasteiger partial charge < -0.3 is 15.2 Å². The molecule has 3 nitrogen and oxygen atoms in total. The molecule has 1 fully saturated rings. The third-order valence-electron chi connectivity index (χ3n) is 4.09. The molecule has 2 rings (SSSR count). The van der Waals surface area contributed by atoms with Crippen molar-refractivity contribution < 1.29 is 9.84 Å². The summed E-state index contributed by atoms with van der Waals surface area (Å²) in [6.45, 7) is 7.02. The predicted octanol–water partition coefficient (Wildman–Crippen LogP) is 3.08. The van der Waals surface area contributed by atoms with Crippen LogP contribution in [-0.2, 0) is 0 Å². The van der Waals surface area contributed by atoms with Gasteiger partial charge in [0.1, 0.15) is 12.4 Å². The minimum absolute atomic E-state index is 0.0923.